The van der Waals surface area contributed by atoms with Gasteiger partial charge in [-0.15, -0.1) is 0 Å². The maximum atomic E-state index is 12.6. The largest absolute Gasteiger partial charge is 0.348 e. The van der Waals surface area contributed by atoms with E-state index in [1.807, 2.05) is 0 Å². The lowest BCUT2D eigenvalue weighted by Crippen LogP contribution is -2.26. The second-order valence-corrected chi connectivity index (χ2v) is 9.37. The Kier molecular flexibility index (Phi) is 7.10. The Hall–Kier alpha value is -2.87. The molecule has 0 bridgehead atoms. The summed E-state index contributed by atoms with van der Waals surface area (Å²) in [6.45, 7) is 0.163. The van der Waals surface area contributed by atoms with Gasteiger partial charge in [0, 0.05) is 23.7 Å². The van der Waals surface area contributed by atoms with E-state index in [1.54, 1.807) is 48.5 Å². The third-order valence-electron chi connectivity index (χ3n) is 5.12. The monoisotopic (exact) mass is 429 g/mol. The molecule has 2 aromatic carbocycles. The number of hydrogen-bond acceptors (Lipinski definition) is 4. The van der Waals surface area contributed by atoms with E-state index in [4.69, 9.17) is 0 Å². The topological polar surface area (TPSA) is 104 Å². The van der Waals surface area contributed by atoms with Crippen molar-refractivity contribution >= 4 is 33.2 Å². The highest BCUT2D eigenvalue weighted by molar-refractivity contribution is 7.92. The van der Waals surface area contributed by atoms with Gasteiger partial charge in [0.2, 0.25) is 15.9 Å². The molecule has 160 valence electrons. The maximum Gasteiger partial charge on any atom is 0.251 e. The normalized spacial score (nSPS) is 14.7. The van der Waals surface area contributed by atoms with Crippen molar-refractivity contribution in [2.45, 2.75) is 38.6 Å². The van der Waals surface area contributed by atoms with E-state index < -0.39 is 10.0 Å². The predicted octanol–water partition coefficient (Wildman–Crippen LogP) is 3.51. The van der Waals surface area contributed by atoms with E-state index in [0.717, 1.165) is 31.9 Å². The van der Waals surface area contributed by atoms with Gasteiger partial charge in [-0.3, -0.25) is 14.3 Å². The van der Waals surface area contributed by atoms with Crippen LogP contribution in [0, 0.1) is 5.92 Å². The molecule has 7 nitrogen and oxygen atoms in total. The summed E-state index contributed by atoms with van der Waals surface area (Å²) in [5, 5.41) is 5.72. The molecular weight excluding hydrogens is 402 g/mol. The van der Waals surface area contributed by atoms with Crippen molar-refractivity contribution in [2.75, 3.05) is 16.3 Å². The van der Waals surface area contributed by atoms with Crippen molar-refractivity contribution in [3.05, 3.63) is 59.7 Å². The van der Waals surface area contributed by atoms with Crippen molar-refractivity contribution in [1.29, 1.82) is 0 Å². The molecule has 0 aliphatic heterocycles. The van der Waals surface area contributed by atoms with Crippen LogP contribution in [0.2, 0.25) is 0 Å². The average molecular weight is 430 g/mol. The molecule has 3 N–H and O–H groups in total. The van der Waals surface area contributed by atoms with E-state index >= 15 is 0 Å². The molecule has 0 saturated heterocycles. The lowest BCUT2D eigenvalue weighted by atomic mass is 9.88. The number of benzene rings is 2. The zero-order chi connectivity index (χ0) is 21.6. The number of carbonyl (C=O) groups is 2. The van der Waals surface area contributed by atoms with Crippen LogP contribution in [-0.4, -0.2) is 26.5 Å². The number of hydrogen-bond donors (Lipinski definition) is 3. The van der Waals surface area contributed by atoms with Crippen molar-refractivity contribution in [3.63, 3.8) is 0 Å². The zero-order valence-electron chi connectivity index (χ0n) is 17.0. The molecule has 0 aromatic heterocycles. The number of amides is 2. The SMILES string of the molecule is CS(=O)(=O)Nc1ccccc1CNC(=O)c1cccc(NC(=O)C2CCCCC2)c1. The minimum Gasteiger partial charge on any atom is -0.348 e. The molecule has 1 saturated carbocycles. The summed E-state index contributed by atoms with van der Waals surface area (Å²) in [5.41, 5.74) is 2.09. The van der Waals surface area contributed by atoms with Crippen molar-refractivity contribution in [3.8, 4) is 0 Å². The Morgan fingerprint density at radius 1 is 1.00 bits per heavy atom. The average Bonchev–Trinajstić information content (AvgIpc) is 2.72. The van der Waals surface area contributed by atoms with Crippen LogP contribution in [0.5, 0.6) is 0 Å². The second-order valence-electron chi connectivity index (χ2n) is 7.62. The number of nitrogens with one attached hydrogen (secondary N) is 3. The van der Waals surface area contributed by atoms with Gasteiger partial charge in [0.25, 0.3) is 5.91 Å². The highest BCUT2D eigenvalue weighted by Crippen LogP contribution is 2.25. The number of para-hydroxylation sites is 1. The molecule has 0 unspecified atom stereocenters. The van der Waals surface area contributed by atoms with Crippen molar-refractivity contribution in [2.24, 2.45) is 5.92 Å². The van der Waals surface area contributed by atoms with Gasteiger partial charge < -0.3 is 10.6 Å². The molecule has 1 aliphatic carbocycles. The fourth-order valence-electron chi connectivity index (χ4n) is 3.60. The fourth-order valence-corrected chi connectivity index (χ4v) is 4.20. The standard InChI is InChI=1S/C22H27N3O4S/c1-30(28,29)25-20-13-6-5-10-18(20)15-23-21(26)17-11-7-12-19(14-17)24-22(27)16-8-3-2-4-9-16/h5-7,10-14,16,25H,2-4,8-9,15H2,1H3,(H,23,26)(H,24,27). The van der Waals surface area contributed by atoms with Crippen LogP contribution in [0.25, 0.3) is 0 Å². The number of anilines is 2. The minimum absolute atomic E-state index is 0.00744. The molecule has 8 heteroatoms. The number of carbonyl (C=O) groups excluding carboxylic acids is 2. The Balaban J connectivity index is 1.63. The molecule has 2 amide bonds. The zero-order valence-corrected chi connectivity index (χ0v) is 17.8. The van der Waals surface area contributed by atoms with Gasteiger partial charge in [0.05, 0.1) is 11.9 Å². The molecule has 0 radical (unpaired) electrons. The van der Waals surface area contributed by atoms with Gasteiger partial charge in [-0.25, -0.2) is 8.42 Å². The van der Waals surface area contributed by atoms with Crippen LogP contribution in [0.4, 0.5) is 11.4 Å². The van der Waals surface area contributed by atoms with E-state index in [2.05, 4.69) is 15.4 Å². The second kappa shape index (κ2) is 9.75. The summed E-state index contributed by atoms with van der Waals surface area (Å²) < 4.78 is 25.5. The molecule has 3 rings (SSSR count). The van der Waals surface area contributed by atoms with Gasteiger partial charge in [-0.05, 0) is 42.7 Å². The van der Waals surface area contributed by atoms with E-state index in [-0.39, 0.29) is 24.3 Å². The Morgan fingerprint density at radius 3 is 2.47 bits per heavy atom. The molecule has 1 fully saturated rings. The van der Waals surface area contributed by atoms with Crippen molar-refractivity contribution in [1.82, 2.24) is 5.32 Å². The van der Waals surface area contributed by atoms with Gasteiger partial charge in [-0.2, -0.15) is 0 Å². The minimum atomic E-state index is -3.42. The Morgan fingerprint density at radius 2 is 1.73 bits per heavy atom. The lowest BCUT2D eigenvalue weighted by molar-refractivity contribution is -0.120. The summed E-state index contributed by atoms with van der Waals surface area (Å²) in [7, 11) is -3.42. The van der Waals surface area contributed by atoms with Crippen LogP contribution < -0.4 is 15.4 Å². The first kappa shape index (κ1) is 21.8. The highest BCUT2D eigenvalue weighted by atomic mass is 32.2. The molecule has 0 heterocycles. The van der Waals surface area contributed by atoms with Gasteiger partial charge >= 0.3 is 0 Å². The maximum absolute atomic E-state index is 12.6. The highest BCUT2D eigenvalue weighted by Gasteiger charge is 2.21. The first-order valence-corrected chi connectivity index (χ1v) is 12.0. The van der Waals surface area contributed by atoms with E-state index in [1.165, 1.54) is 6.42 Å². The Bertz CT molecular complexity index is 1010. The third kappa shape index (κ3) is 6.32. The third-order valence-corrected chi connectivity index (χ3v) is 5.71. The summed E-state index contributed by atoms with van der Waals surface area (Å²) in [5.74, 6) is -0.263. The van der Waals surface area contributed by atoms with E-state index in [9.17, 15) is 18.0 Å². The van der Waals surface area contributed by atoms with Crippen LogP contribution >= 0.6 is 0 Å². The first-order chi connectivity index (χ1) is 14.3. The van der Waals surface area contributed by atoms with Crippen LogP contribution in [0.1, 0.15) is 48.0 Å². The molecule has 0 atom stereocenters. The van der Waals surface area contributed by atoms with Crippen LogP contribution in [0.3, 0.4) is 0 Å². The van der Waals surface area contributed by atoms with Crippen LogP contribution in [-0.2, 0) is 21.4 Å². The predicted molar refractivity (Wildman–Crippen MR) is 118 cm³/mol. The molecule has 1 aliphatic rings. The number of rotatable bonds is 7. The first-order valence-electron chi connectivity index (χ1n) is 10.1. The smallest absolute Gasteiger partial charge is 0.251 e. The number of sulfonamides is 1. The van der Waals surface area contributed by atoms with Crippen LogP contribution in [0.15, 0.2) is 48.5 Å². The fraction of sp³-hybridized carbons (Fsp3) is 0.364. The quantitative estimate of drug-likeness (QED) is 0.626. The molecule has 2 aromatic rings. The van der Waals surface area contributed by atoms with Gasteiger partial charge in [0.1, 0.15) is 0 Å². The van der Waals surface area contributed by atoms with Crippen molar-refractivity contribution < 1.29 is 18.0 Å². The van der Waals surface area contributed by atoms with Gasteiger partial charge in [-0.1, -0.05) is 43.5 Å². The van der Waals surface area contributed by atoms with E-state index in [0.29, 0.717) is 22.5 Å². The van der Waals surface area contributed by atoms with Gasteiger partial charge in [0.15, 0.2) is 0 Å². The summed E-state index contributed by atoms with van der Waals surface area (Å²) in [4.78, 5) is 25.0. The summed E-state index contributed by atoms with van der Waals surface area (Å²) in [6, 6.07) is 13.7. The lowest BCUT2D eigenvalue weighted by Gasteiger charge is -2.20. The Labute approximate surface area is 177 Å². The summed E-state index contributed by atoms with van der Waals surface area (Å²) >= 11 is 0. The molecular formula is C22H27N3O4S. The molecule has 0 spiro atoms. The molecule has 30 heavy (non-hydrogen) atoms. The summed E-state index contributed by atoms with van der Waals surface area (Å²) in [6.07, 6.45) is 6.24.